The topological polar surface area (TPSA) is 12.0 Å². The van der Waals surface area contributed by atoms with Crippen molar-refractivity contribution in [1.29, 1.82) is 0 Å². The summed E-state index contributed by atoms with van der Waals surface area (Å²) in [5.74, 6) is 0.571. The van der Waals surface area contributed by atoms with Crippen LogP contribution in [0.1, 0.15) is 5.56 Å². The Bertz CT molecular complexity index is 326. The van der Waals surface area contributed by atoms with Gasteiger partial charge in [0, 0.05) is 23.9 Å². The molecule has 0 aliphatic rings. The molecule has 0 amide bonds. The summed E-state index contributed by atoms with van der Waals surface area (Å²) < 4.78 is 35.5. The smallest absolute Gasteiger partial charge is 0.384 e. The van der Waals surface area contributed by atoms with Gasteiger partial charge in [-0.25, -0.2) is 0 Å². The number of rotatable bonds is 6. The van der Waals surface area contributed by atoms with Crippen LogP contribution in [0.25, 0.3) is 0 Å². The number of aryl methyl sites for hydroxylation is 1. The number of thioether (sulfide) groups is 1. The fourth-order valence-electron chi connectivity index (χ4n) is 1.26. The first-order valence-corrected chi connectivity index (χ1v) is 6.63. The molecule has 0 heterocycles. The van der Waals surface area contributed by atoms with E-state index in [1.54, 1.807) is 0 Å². The molecule has 17 heavy (non-hydrogen) atoms. The third-order valence-electron chi connectivity index (χ3n) is 2.03. The van der Waals surface area contributed by atoms with Crippen molar-refractivity contribution in [3.63, 3.8) is 0 Å². The molecule has 1 rings (SSSR count). The van der Waals surface area contributed by atoms with E-state index in [0.717, 1.165) is 17.7 Å². The van der Waals surface area contributed by atoms with Crippen molar-refractivity contribution in [1.82, 2.24) is 0 Å². The lowest BCUT2D eigenvalue weighted by atomic mass is 10.1. The Labute approximate surface area is 108 Å². The van der Waals surface area contributed by atoms with Crippen molar-refractivity contribution in [2.75, 3.05) is 23.5 Å². The van der Waals surface area contributed by atoms with Crippen LogP contribution in [0.5, 0.6) is 0 Å². The van der Waals surface area contributed by atoms with E-state index in [-0.39, 0.29) is 17.5 Å². The van der Waals surface area contributed by atoms with Gasteiger partial charge in [-0.05, 0) is 35.9 Å². The summed E-state index contributed by atoms with van der Waals surface area (Å²) in [5, 5.41) is 2.93. The van der Waals surface area contributed by atoms with Crippen molar-refractivity contribution >= 4 is 29.1 Å². The van der Waals surface area contributed by atoms with Gasteiger partial charge in [0.25, 0.3) is 0 Å². The third kappa shape index (κ3) is 6.68. The number of alkyl halides is 4. The molecule has 0 aromatic heterocycles. The van der Waals surface area contributed by atoms with Crippen LogP contribution < -0.4 is 5.32 Å². The van der Waals surface area contributed by atoms with Crippen LogP contribution in [0.4, 0.5) is 18.9 Å². The Morgan fingerprint density at radius 3 is 2.35 bits per heavy atom. The third-order valence-corrected chi connectivity index (χ3v) is 2.96. The maximum Gasteiger partial charge on any atom is 0.441 e. The van der Waals surface area contributed by atoms with Gasteiger partial charge in [-0.15, -0.1) is 11.6 Å². The molecular weight excluding hydrogens is 271 g/mol. The van der Waals surface area contributed by atoms with Crippen LogP contribution in [-0.2, 0) is 6.42 Å². The predicted octanol–water partition coefficient (Wildman–Crippen LogP) is 4.13. The fourth-order valence-corrected chi connectivity index (χ4v) is 1.91. The van der Waals surface area contributed by atoms with Gasteiger partial charge in [-0.2, -0.15) is 13.2 Å². The first-order chi connectivity index (χ1) is 8.01. The molecule has 1 aromatic rings. The Morgan fingerprint density at radius 1 is 1.18 bits per heavy atom. The monoisotopic (exact) mass is 283 g/mol. The normalized spacial score (nSPS) is 11.5. The highest BCUT2D eigenvalue weighted by Crippen LogP contribution is 2.29. The summed E-state index contributed by atoms with van der Waals surface area (Å²) in [6.07, 6.45) is 0.797. The van der Waals surface area contributed by atoms with Crippen molar-refractivity contribution in [2.24, 2.45) is 0 Å². The molecule has 96 valence electrons. The number of hydrogen-bond donors (Lipinski definition) is 1. The van der Waals surface area contributed by atoms with Gasteiger partial charge in [0.05, 0.1) is 0 Å². The minimum atomic E-state index is -4.15. The number of nitrogens with one attached hydrogen (secondary N) is 1. The van der Waals surface area contributed by atoms with Gasteiger partial charge in [-0.1, -0.05) is 12.1 Å². The van der Waals surface area contributed by atoms with Gasteiger partial charge < -0.3 is 5.32 Å². The maximum atomic E-state index is 11.8. The minimum Gasteiger partial charge on any atom is -0.384 e. The fraction of sp³-hybridized carbons (Fsp3) is 0.455. The lowest BCUT2D eigenvalue weighted by Gasteiger charge is -2.08. The largest absolute Gasteiger partial charge is 0.441 e. The summed E-state index contributed by atoms with van der Waals surface area (Å²) in [6.45, 7) is 0.291. The van der Waals surface area contributed by atoms with Crippen LogP contribution in [0.15, 0.2) is 24.3 Å². The zero-order valence-electron chi connectivity index (χ0n) is 9.06. The van der Waals surface area contributed by atoms with Crippen molar-refractivity contribution in [3.05, 3.63) is 29.8 Å². The molecule has 0 unspecified atom stereocenters. The van der Waals surface area contributed by atoms with Crippen LogP contribution in [0, 0.1) is 0 Å². The van der Waals surface area contributed by atoms with Crippen LogP contribution >= 0.6 is 23.4 Å². The SMILES string of the molecule is FC(F)(F)SCCNc1ccc(CCCl)cc1. The average molecular weight is 284 g/mol. The van der Waals surface area contributed by atoms with Crippen LogP contribution in [-0.4, -0.2) is 23.7 Å². The van der Waals surface area contributed by atoms with E-state index >= 15 is 0 Å². The highest BCUT2D eigenvalue weighted by atomic mass is 35.5. The zero-order valence-corrected chi connectivity index (χ0v) is 10.6. The van der Waals surface area contributed by atoms with E-state index in [9.17, 15) is 13.2 Å². The molecule has 6 heteroatoms. The standard InChI is InChI=1S/C11H13ClF3NS/c12-6-5-9-1-3-10(4-2-9)16-7-8-17-11(13,14)15/h1-4,16H,5-8H2. The van der Waals surface area contributed by atoms with Crippen molar-refractivity contribution in [2.45, 2.75) is 11.9 Å². The van der Waals surface area contributed by atoms with Gasteiger partial charge in [-0.3, -0.25) is 0 Å². The Kier molecular flexibility index (Phi) is 5.98. The van der Waals surface area contributed by atoms with Crippen molar-refractivity contribution in [3.8, 4) is 0 Å². The molecule has 1 N–H and O–H groups in total. The van der Waals surface area contributed by atoms with Crippen LogP contribution in [0.3, 0.4) is 0 Å². The number of anilines is 1. The first kappa shape index (κ1) is 14.5. The highest BCUT2D eigenvalue weighted by Gasteiger charge is 2.27. The lowest BCUT2D eigenvalue weighted by molar-refractivity contribution is -0.0327. The van der Waals surface area contributed by atoms with Gasteiger partial charge in [0.1, 0.15) is 0 Å². The van der Waals surface area contributed by atoms with E-state index < -0.39 is 5.51 Å². The maximum absolute atomic E-state index is 11.8. The summed E-state index contributed by atoms with van der Waals surface area (Å²) in [6, 6.07) is 7.53. The predicted molar refractivity (Wildman–Crippen MR) is 67.9 cm³/mol. The minimum absolute atomic E-state index is 0.00688. The Balaban J connectivity index is 2.27. The van der Waals surface area contributed by atoms with E-state index in [4.69, 9.17) is 11.6 Å². The second-order valence-electron chi connectivity index (χ2n) is 3.36. The van der Waals surface area contributed by atoms with E-state index in [2.05, 4.69) is 5.32 Å². The summed E-state index contributed by atoms with van der Waals surface area (Å²) in [7, 11) is 0. The van der Waals surface area contributed by atoms with Crippen molar-refractivity contribution < 1.29 is 13.2 Å². The quantitative estimate of drug-likeness (QED) is 0.622. The molecule has 0 fully saturated rings. The van der Waals surface area contributed by atoms with E-state index in [1.165, 1.54) is 0 Å². The first-order valence-electron chi connectivity index (χ1n) is 5.11. The summed E-state index contributed by atoms with van der Waals surface area (Å²) >= 11 is 5.58. The number of hydrogen-bond acceptors (Lipinski definition) is 2. The van der Waals surface area contributed by atoms with E-state index in [1.807, 2.05) is 24.3 Å². The molecule has 0 aliphatic carbocycles. The molecule has 0 saturated carbocycles. The molecule has 0 saturated heterocycles. The second kappa shape index (κ2) is 7.01. The average Bonchev–Trinajstić information content (AvgIpc) is 2.26. The Morgan fingerprint density at radius 2 is 1.82 bits per heavy atom. The second-order valence-corrected chi connectivity index (χ2v) is 4.89. The molecular formula is C11H13ClF3NS. The van der Waals surface area contributed by atoms with Gasteiger partial charge >= 0.3 is 5.51 Å². The van der Waals surface area contributed by atoms with Gasteiger partial charge in [0.2, 0.25) is 0 Å². The van der Waals surface area contributed by atoms with Gasteiger partial charge in [0.15, 0.2) is 0 Å². The van der Waals surface area contributed by atoms with Crippen LogP contribution in [0.2, 0.25) is 0 Å². The molecule has 0 radical (unpaired) electrons. The summed E-state index contributed by atoms with van der Waals surface area (Å²) in [5.41, 5.74) is -2.20. The number of halogens is 4. The van der Waals surface area contributed by atoms with E-state index in [0.29, 0.717) is 12.4 Å². The summed E-state index contributed by atoms with van der Waals surface area (Å²) in [4.78, 5) is 0. The molecule has 1 nitrogen and oxygen atoms in total. The highest BCUT2D eigenvalue weighted by molar-refractivity contribution is 8.00. The number of benzene rings is 1. The molecule has 0 aliphatic heterocycles. The molecule has 0 bridgehead atoms. The zero-order chi connectivity index (χ0) is 12.7. The lowest BCUT2D eigenvalue weighted by Crippen LogP contribution is -2.09. The Hall–Kier alpha value is -0.550. The molecule has 0 atom stereocenters. The molecule has 0 spiro atoms. The molecule has 1 aromatic carbocycles.